The van der Waals surface area contributed by atoms with Crippen LogP contribution in [0.4, 0.5) is 0 Å². The van der Waals surface area contributed by atoms with Gasteiger partial charge >= 0.3 is 0 Å². The number of carbonyl (C=O) groups is 1. The van der Waals surface area contributed by atoms with Crippen LogP contribution in [0.3, 0.4) is 0 Å². The smallest absolute Gasteiger partial charge is 0.243 e. The minimum absolute atomic E-state index is 0.0671. The molecule has 0 unspecified atom stereocenters. The average molecular weight is 260 g/mol. The molecular weight excluding hydrogens is 244 g/mol. The van der Waals surface area contributed by atoms with Crippen molar-refractivity contribution in [2.45, 2.75) is 32.9 Å². The number of amides is 1. The minimum atomic E-state index is -0.121. The number of rotatable bonds is 5. The highest BCUT2D eigenvalue weighted by atomic mass is 16.2. The molecule has 0 spiro atoms. The number of hydrogen-bond donors (Lipinski definition) is 1. The van der Waals surface area contributed by atoms with E-state index in [9.17, 15) is 4.79 Å². The molecule has 0 aliphatic heterocycles. The fourth-order valence-corrected chi connectivity index (χ4v) is 1.47. The predicted molar refractivity (Wildman–Crippen MR) is 68.9 cm³/mol. The second kappa shape index (κ2) is 6.03. The lowest BCUT2D eigenvalue weighted by atomic mass is 10.2. The van der Waals surface area contributed by atoms with Gasteiger partial charge in [0.15, 0.2) is 0 Å². The lowest BCUT2D eigenvalue weighted by Gasteiger charge is -2.10. The number of carbonyl (C=O) groups excluding carboxylic acids is 1. The van der Waals surface area contributed by atoms with Crippen molar-refractivity contribution in [2.24, 2.45) is 0 Å². The summed E-state index contributed by atoms with van der Waals surface area (Å²) >= 11 is 0. The second-order valence-corrected chi connectivity index (χ2v) is 4.26. The lowest BCUT2D eigenvalue weighted by Crippen LogP contribution is -2.35. The topological polar surface area (TPSA) is 85.6 Å². The third kappa shape index (κ3) is 3.57. The molecule has 0 aromatic carbocycles. The van der Waals surface area contributed by atoms with Crippen LogP contribution in [0, 0.1) is 0 Å². The third-order valence-electron chi connectivity index (χ3n) is 2.68. The maximum absolute atomic E-state index is 11.7. The van der Waals surface area contributed by atoms with E-state index < -0.39 is 0 Å². The van der Waals surface area contributed by atoms with Crippen molar-refractivity contribution < 1.29 is 4.79 Å². The van der Waals surface area contributed by atoms with Crippen molar-refractivity contribution in [3.05, 3.63) is 24.5 Å². The largest absolute Gasteiger partial charge is 0.352 e. The Labute approximate surface area is 111 Å². The number of aromatic nitrogens is 5. The highest BCUT2D eigenvalue weighted by Gasteiger charge is 2.10. The molecule has 7 nitrogen and oxygen atoms in total. The summed E-state index contributed by atoms with van der Waals surface area (Å²) < 4.78 is 0. The van der Waals surface area contributed by atoms with Gasteiger partial charge in [0.25, 0.3) is 0 Å². The van der Waals surface area contributed by atoms with E-state index in [1.54, 1.807) is 18.5 Å². The fraction of sp³-hybridized carbons (Fsp3) is 0.417. The molecule has 100 valence electrons. The first-order valence-corrected chi connectivity index (χ1v) is 6.16. The van der Waals surface area contributed by atoms with Gasteiger partial charge in [-0.3, -0.25) is 9.78 Å². The Morgan fingerprint density at radius 3 is 3.05 bits per heavy atom. The SMILES string of the molecule is CC[C@H](C)NC(=O)Cn1nnc(-c2cccnc2)n1. The van der Waals surface area contributed by atoms with Crippen LogP contribution >= 0.6 is 0 Å². The van der Waals surface area contributed by atoms with Gasteiger partial charge in [0, 0.05) is 24.0 Å². The van der Waals surface area contributed by atoms with Crippen molar-refractivity contribution in [1.29, 1.82) is 0 Å². The molecule has 0 saturated carbocycles. The summed E-state index contributed by atoms with van der Waals surface area (Å²) in [5, 5.41) is 14.7. The molecule has 1 atom stereocenters. The van der Waals surface area contributed by atoms with Crippen molar-refractivity contribution >= 4 is 5.91 Å². The van der Waals surface area contributed by atoms with Gasteiger partial charge in [0.2, 0.25) is 11.7 Å². The zero-order valence-corrected chi connectivity index (χ0v) is 10.9. The zero-order chi connectivity index (χ0) is 13.7. The molecule has 0 radical (unpaired) electrons. The molecule has 2 aromatic heterocycles. The Morgan fingerprint density at radius 1 is 1.53 bits per heavy atom. The van der Waals surface area contributed by atoms with E-state index in [1.165, 1.54) is 4.80 Å². The molecule has 0 aliphatic carbocycles. The number of pyridine rings is 1. The Kier molecular flexibility index (Phi) is 4.17. The molecule has 2 rings (SSSR count). The molecule has 2 aromatic rings. The standard InChI is InChI=1S/C12H16N6O/c1-3-9(2)14-11(19)8-18-16-12(15-17-18)10-5-4-6-13-7-10/h4-7,9H,3,8H2,1-2H3,(H,14,19)/t9-/m0/s1. The van der Waals surface area contributed by atoms with E-state index in [1.807, 2.05) is 19.9 Å². The lowest BCUT2D eigenvalue weighted by molar-refractivity contribution is -0.122. The Morgan fingerprint density at radius 2 is 2.37 bits per heavy atom. The molecule has 0 bridgehead atoms. The van der Waals surface area contributed by atoms with E-state index in [0.717, 1.165) is 12.0 Å². The summed E-state index contributed by atoms with van der Waals surface area (Å²) in [4.78, 5) is 16.9. The van der Waals surface area contributed by atoms with Crippen LogP contribution in [-0.2, 0) is 11.3 Å². The minimum Gasteiger partial charge on any atom is -0.352 e. The molecule has 0 aliphatic rings. The highest BCUT2D eigenvalue weighted by Crippen LogP contribution is 2.09. The molecular formula is C12H16N6O. The second-order valence-electron chi connectivity index (χ2n) is 4.26. The van der Waals surface area contributed by atoms with Gasteiger partial charge in [-0.15, -0.1) is 10.2 Å². The molecule has 1 N–H and O–H groups in total. The molecule has 0 saturated heterocycles. The normalized spacial score (nSPS) is 12.1. The Hall–Kier alpha value is -2.31. The first-order valence-electron chi connectivity index (χ1n) is 6.16. The first-order chi connectivity index (χ1) is 9.19. The predicted octanol–water partition coefficient (Wildman–Crippen LogP) is 0.650. The van der Waals surface area contributed by atoms with Crippen LogP contribution < -0.4 is 5.32 Å². The fourth-order valence-electron chi connectivity index (χ4n) is 1.47. The maximum atomic E-state index is 11.7. The molecule has 0 fully saturated rings. The Bertz CT molecular complexity index is 538. The molecule has 2 heterocycles. The van der Waals surface area contributed by atoms with Crippen molar-refractivity contribution in [1.82, 2.24) is 30.5 Å². The van der Waals surface area contributed by atoms with Gasteiger partial charge in [0.1, 0.15) is 6.54 Å². The van der Waals surface area contributed by atoms with E-state index in [-0.39, 0.29) is 18.5 Å². The zero-order valence-electron chi connectivity index (χ0n) is 10.9. The quantitative estimate of drug-likeness (QED) is 0.853. The number of tetrazole rings is 1. The van der Waals surface area contributed by atoms with Gasteiger partial charge < -0.3 is 5.32 Å². The van der Waals surface area contributed by atoms with Gasteiger partial charge in [-0.1, -0.05) is 6.92 Å². The van der Waals surface area contributed by atoms with Crippen LogP contribution in [-0.4, -0.2) is 37.1 Å². The van der Waals surface area contributed by atoms with Gasteiger partial charge in [-0.25, -0.2) is 0 Å². The summed E-state index contributed by atoms with van der Waals surface area (Å²) in [5.41, 5.74) is 0.774. The molecule has 7 heteroatoms. The summed E-state index contributed by atoms with van der Waals surface area (Å²) in [6.07, 6.45) is 4.21. The van der Waals surface area contributed by atoms with Crippen molar-refractivity contribution in [2.75, 3.05) is 0 Å². The van der Waals surface area contributed by atoms with E-state index in [0.29, 0.717) is 5.82 Å². The van der Waals surface area contributed by atoms with E-state index >= 15 is 0 Å². The third-order valence-corrected chi connectivity index (χ3v) is 2.68. The van der Waals surface area contributed by atoms with Crippen molar-refractivity contribution in [3.8, 4) is 11.4 Å². The van der Waals surface area contributed by atoms with Crippen LogP contribution in [0.1, 0.15) is 20.3 Å². The van der Waals surface area contributed by atoms with Crippen molar-refractivity contribution in [3.63, 3.8) is 0 Å². The number of nitrogens with one attached hydrogen (secondary N) is 1. The highest BCUT2D eigenvalue weighted by molar-refractivity contribution is 5.75. The van der Waals surface area contributed by atoms with Crippen LogP contribution in [0.2, 0.25) is 0 Å². The van der Waals surface area contributed by atoms with Crippen LogP contribution in [0.5, 0.6) is 0 Å². The summed E-state index contributed by atoms with van der Waals surface area (Å²) in [6.45, 7) is 4.03. The number of nitrogens with zero attached hydrogens (tertiary/aromatic N) is 5. The van der Waals surface area contributed by atoms with Gasteiger partial charge in [-0.2, -0.15) is 4.80 Å². The summed E-state index contributed by atoms with van der Waals surface area (Å²) in [5.74, 6) is 0.342. The molecule has 19 heavy (non-hydrogen) atoms. The Balaban J connectivity index is 2.00. The van der Waals surface area contributed by atoms with Crippen LogP contribution in [0.15, 0.2) is 24.5 Å². The van der Waals surface area contributed by atoms with E-state index in [4.69, 9.17) is 0 Å². The van der Waals surface area contributed by atoms with Gasteiger partial charge in [0.05, 0.1) is 0 Å². The van der Waals surface area contributed by atoms with Gasteiger partial charge in [-0.05, 0) is 30.7 Å². The van der Waals surface area contributed by atoms with Crippen LogP contribution in [0.25, 0.3) is 11.4 Å². The summed E-state index contributed by atoms with van der Waals surface area (Å²) in [7, 11) is 0. The maximum Gasteiger partial charge on any atom is 0.243 e. The average Bonchev–Trinajstić information content (AvgIpc) is 2.88. The molecule has 1 amide bonds. The first kappa shape index (κ1) is 13.1. The van der Waals surface area contributed by atoms with E-state index in [2.05, 4.69) is 25.7 Å². The monoisotopic (exact) mass is 260 g/mol. The number of hydrogen-bond acceptors (Lipinski definition) is 5. The summed E-state index contributed by atoms with van der Waals surface area (Å²) in [6, 6.07) is 3.79.